The van der Waals surface area contributed by atoms with Gasteiger partial charge in [-0.05, 0) is 111 Å². The third-order valence-electron chi connectivity index (χ3n) is 14.8. The van der Waals surface area contributed by atoms with E-state index in [0.29, 0.717) is 45.5 Å². The number of aromatic amines is 1. The summed E-state index contributed by atoms with van der Waals surface area (Å²) in [5, 5.41) is 13.0. The molecule has 2 aromatic heterocycles. The highest BCUT2D eigenvalue weighted by Crippen LogP contribution is 2.75. The minimum absolute atomic E-state index is 0.0495. The molecule has 14 heteroatoms. The number of Topliss-reactive ketones (excluding diaryl/α,β-unsaturated/α-hetero) is 1. The Bertz CT molecular complexity index is 2550. The van der Waals surface area contributed by atoms with Crippen LogP contribution in [0.4, 0.5) is 11.4 Å². The van der Waals surface area contributed by atoms with Gasteiger partial charge in [-0.3, -0.25) is 19.8 Å². The summed E-state index contributed by atoms with van der Waals surface area (Å²) in [4.78, 5) is 37.9. The fourth-order valence-electron chi connectivity index (χ4n) is 11.4. The van der Waals surface area contributed by atoms with Crippen LogP contribution >= 0.6 is 11.6 Å². The van der Waals surface area contributed by atoms with Crippen LogP contribution in [-0.2, 0) is 21.0 Å². The number of carbonyl (C=O) groups is 1. The van der Waals surface area contributed by atoms with Crippen LogP contribution in [0.2, 0.25) is 0 Å². The Morgan fingerprint density at radius 1 is 1.05 bits per heavy atom. The average molecular weight is 868 g/mol. The summed E-state index contributed by atoms with van der Waals surface area (Å²) in [5.74, 6) is -0.443. The zero-order valence-corrected chi connectivity index (χ0v) is 36.6. The van der Waals surface area contributed by atoms with E-state index in [1.54, 1.807) is 29.6 Å². The number of nitro benzene ring substituents is 1. The first-order chi connectivity index (χ1) is 29.1. The SMILES string of the molecule is CC1(C)CCC(CN2CCN(c3ccc(C(=O)CS(=O)(=O)c4ccc(CCC5CC6(COC6)C5)c([N+](=O)[O-])c4)c(Oc4cnc5[nH]ccc5c4)c3)CC2)=C(C23CC(Cl)(C2)C3)C1. The van der Waals surface area contributed by atoms with E-state index >= 15 is 0 Å². The molecule has 0 unspecified atom stereocenters. The predicted molar refractivity (Wildman–Crippen MR) is 235 cm³/mol. The molecule has 0 atom stereocenters. The summed E-state index contributed by atoms with van der Waals surface area (Å²) < 4.78 is 39.4. The summed E-state index contributed by atoms with van der Waals surface area (Å²) in [5.41, 5.74) is 6.19. The lowest BCUT2D eigenvalue weighted by Gasteiger charge is -2.70. The van der Waals surface area contributed by atoms with Gasteiger partial charge in [0.2, 0.25) is 0 Å². The maximum absolute atomic E-state index is 14.0. The molecule has 2 saturated heterocycles. The Hall–Kier alpha value is -4.30. The number of fused-ring (bicyclic) bond motifs is 1. The lowest BCUT2D eigenvalue weighted by Crippen LogP contribution is -2.65. The molecular weight excluding hydrogens is 814 g/mol. The monoisotopic (exact) mass is 867 g/mol. The molecule has 322 valence electrons. The van der Waals surface area contributed by atoms with Gasteiger partial charge in [0.25, 0.3) is 5.69 Å². The van der Waals surface area contributed by atoms with Gasteiger partial charge in [-0.25, -0.2) is 13.4 Å². The number of ether oxygens (including phenoxy) is 2. The van der Waals surface area contributed by atoms with Crippen molar-refractivity contribution in [3.8, 4) is 11.5 Å². The predicted octanol–water partition coefficient (Wildman–Crippen LogP) is 9.07. The van der Waals surface area contributed by atoms with Gasteiger partial charge >= 0.3 is 0 Å². The van der Waals surface area contributed by atoms with E-state index < -0.39 is 26.3 Å². The number of nitrogens with zero attached hydrogens (tertiary/aromatic N) is 4. The van der Waals surface area contributed by atoms with Gasteiger partial charge in [0.05, 0.1) is 34.8 Å². The number of benzene rings is 2. The van der Waals surface area contributed by atoms with Crippen LogP contribution < -0.4 is 9.64 Å². The molecule has 0 amide bonds. The van der Waals surface area contributed by atoms with E-state index in [-0.39, 0.29) is 26.8 Å². The van der Waals surface area contributed by atoms with E-state index in [2.05, 4.69) is 33.6 Å². The lowest BCUT2D eigenvalue weighted by molar-refractivity contribution is -0.385. The number of nitro groups is 1. The summed E-state index contributed by atoms with van der Waals surface area (Å²) in [6.07, 6.45) is 13.6. The number of halogens is 1. The Kier molecular flexibility index (Phi) is 9.97. The van der Waals surface area contributed by atoms with Crippen molar-refractivity contribution < 1.29 is 27.6 Å². The van der Waals surface area contributed by atoms with Crippen LogP contribution in [-0.4, -0.2) is 90.6 Å². The van der Waals surface area contributed by atoms with Crippen molar-refractivity contribution >= 4 is 49.6 Å². The molecule has 7 aliphatic rings. The van der Waals surface area contributed by atoms with Gasteiger partial charge in [-0.1, -0.05) is 31.1 Å². The zero-order valence-electron chi connectivity index (χ0n) is 35.0. The molecule has 4 aromatic rings. The number of sulfone groups is 1. The minimum atomic E-state index is -4.26. The normalized spacial score (nSPS) is 25.7. The number of allylic oxidation sites excluding steroid dienone is 1. The number of anilines is 1. The van der Waals surface area contributed by atoms with Crippen molar-refractivity contribution in [3.05, 3.63) is 93.3 Å². The van der Waals surface area contributed by atoms with Crippen LogP contribution in [0.25, 0.3) is 11.0 Å². The molecule has 12 nitrogen and oxygen atoms in total. The minimum Gasteiger partial charge on any atom is -0.455 e. The van der Waals surface area contributed by atoms with E-state index in [0.717, 1.165) is 108 Å². The maximum atomic E-state index is 14.0. The number of piperazine rings is 1. The van der Waals surface area contributed by atoms with Crippen molar-refractivity contribution in [1.29, 1.82) is 0 Å². The van der Waals surface area contributed by atoms with Crippen LogP contribution in [0.5, 0.6) is 11.5 Å². The number of pyridine rings is 1. The van der Waals surface area contributed by atoms with Gasteiger partial charge < -0.3 is 19.4 Å². The highest BCUT2D eigenvalue weighted by atomic mass is 35.5. The van der Waals surface area contributed by atoms with E-state index in [1.165, 1.54) is 25.0 Å². The van der Waals surface area contributed by atoms with Gasteiger partial charge in [-0.15, -0.1) is 11.6 Å². The van der Waals surface area contributed by atoms with Crippen molar-refractivity contribution in [3.63, 3.8) is 0 Å². The molecule has 0 radical (unpaired) electrons. The Morgan fingerprint density at radius 2 is 1.82 bits per heavy atom. The lowest BCUT2D eigenvalue weighted by atomic mass is 9.39. The second-order valence-electron chi connectivity index (χ2n) is 20.1. The molecule has 61 heavy (non-hydrogen) atoms. The smallest absolute Gasteiger partial charge is 0.273 e. The third-order valence-corrected chi connectivity index (χ3v) is 16.8. The first kappa shape index (κ1) is 40.8. The number of hydrogen-bond acceptors (Lipinski definition) is 10. The van der Waals surface area contributed by atoms with Crippen LogP contribution in [0.1, 0.15) is 87.6 Å². The highest BCUT2D eigenvalue weighted by Gasteiger charge is 2.69. The van der Waals surface area contributed by atoms with Crippen molar-refractivity contribution in [2.45, 2.75) is 87.8 Å². The number of carbonyl (C=O) groups excluding carboxylic acids is 1. The third kappa shape index (κ3) is 7.78. The maximum Gasteiger partial charge on any atom is 0.273 e. The quantitative estimate of drug-likeness (QED) is 0.0428. The molecule has 4 saturated carbocycles. The number of aryl methyl sites for hydroxylation is 1. The van der Waals surface area contributed by atoms with E-state index in [4.69, 9.17) is 21.1 Å². The standard InChI is InChI=1S/C47H54ClN5O7S/c1-44(2)11-9-34(39(22-44)46-26-47(48,27-46)28-46)24-51-13-15-52(16-14-51)35-6-8-38(42(18-35)60-36-17-33-10-12-49-43(33)50-23-36)41(54)25-61(57,58)37-7-5-32(40(19-37)53(55)56)4-3-31-20-45(21-31)29-59-30-45/h5-8,10,12,17-19,23,31H,3-4,9,11,13-16,20-22,24-30H2,1-2H3,(H,49,50). The van der Waals surface area contributed by atoms with Crippen molar-refractivity contribution in [1.82, 2.24) is 14.9 Å². The molecule has 6 fully saturated rings. The van der Waals surface area contributed by atoms with E-state index in [9.17, 15) is 23.3 Å². The first-order valence-electron chi connectivity index (χ1n) is 21.8. The number of ketones is 1. The number of hydrogen-bond donors (Lipinski definition) is 1. The molecule has 4 heterocycles. The molecule has 5 aliphatic carbocycles. The van der Waals surface area contributed by atoms with Gasteiger partial charge in [0.1, 0.15) is 22.9 Å². The summed E-state index contributed by atoms with van der Waals surface area (Å²) >= 11 is 6.75. The number of nitrogens with one attached hydrogen (secondary N) is 1. The topological polar surface area (TPSA) is 148 Å². The zero-order chi connectivity index (χ0) is 42.4. The molecule has 11 rings (SSSR count). The molecular formula is C47H54ClN5O7S. The Balaban J connectivity index is 0.852. The largest absolute Gasteiger partial charge is 0.455 e. The summed E-state index contributed by atoms with van der Waals surface area (Å²) in [7, 11) is -4.26. The Labute approximate surface area is 362 Å². The van der Waals surface area contributed by atoms with Gasteiger partial charge in [0, 0.05) is 78.0 Å². The van der Waals surface area contributed by atoms with E-state index in [1.807, 2.05) is 24.3 Å². The fourth-order valence-corrected chi connectivity index (χ4v) is 13.4. The molecule has 1 spiro atoms. The number of alkyl halides is 1. The van der Waals surface area contributed by atoms with Crippen LogP contribution in [0, 0.1) is 32.3 Å². The second-order valence-corrected chi connectivity index (χ2v) is 22.8. The average Bonchev–Trinajstić information content (AvgIpc) is 3.64. The molecule has 2 aromatic carbocycles. The molecule has 2 aliphatic heterocycles. The van der Waals surface area contributed by atoms with Gasteiger partial charge in [0.15, 0.2) is 15.6 Å². The fraction of sp³-hybridized carbons (Fsp3) is 0.532. The number of H-pyrrole nitrogens is 1. The van der Waals surface area contributed by atoms with Crippen molar-refractivity contribution in [2.75, 3.05) is 56.6 Å². The highest BCUT2D eigenvalue weighted by molar-refractivity contribution is 7.92. The van der Waals surface area contributed by atoms with Gasteiger partial charge in [-0.2, -0.15) is 0 Å². The van der Waals surface area contributed by atoms with Crippen LogP contribution in [0.3, 0.4) is 0 Å². The number of rotatable bonds is 14. The summed E-state index contributed by atoms with van der Waals surface area (Å²) in [6, 6.07) is 13.0. The van der Waals surface area contributed by atoms with Crippen LogP contribution in [0.15, 0.2) is 77.0 Å². The Morgan fingerprint density at radius 3 is 2.52 bits per heavy atom. The molecule has 1 N–H and O–H groups in total. The first-order valence-corrected chi connectivity index (χ1v) is 23.8. The number of aromatic nitrogens is 2. The molecule has 2 bridgehead atoms. The second kappa shape index (κ2) is 14.9. The van der Waals surface area contributed by atoms with Crippen molar-refractivity contribution in [2.24, 2.45) is 22.2 Å². The summed E-state index contributed by atoms with van der Waals surface area (Å²) in [6.45, 7) is 10.7.